The Kier molecular flexibility index (Phi) is 4.13. The molecule has 1 atom stereocenters. The zero-order valence-electron chi connectivity index (χ0n) is 13.1. The van der Waals surface area contributed by atoms with Crippen LogP contribution in [0.15, 0.2) is 18.3 Å². The van der Waals surface area contributed by atoms with Crippen molar-refractivity contribution in [3.8, 4) is 0 Å². The van der Waals surface area contributed by atoms with Crippen molar-refractivity contribution < 1.29 is 4.79 Å². The van der Waals surface area contributed by atoms with E-state index in [-0.39, 0.29) is 0 Å². The van der Waals surface area contributed by atoms with Gasteiger partial charge in [-0.15, -0.1) is 0 Å². The third-order valence-corrected chi connectivity index (χ3v) is 4.97. The molecule has 4 heteroatoms. The number of hydrogen-bond donors (Lipinski definition) is 0. The number of rotatable bonds is 3. The Bertz CT molecular complexity index is 513. The molecule has 114 valence electrons. The highest BCUT2D eigenvalue weighted by Crippen LogP contribution is 2.30. The molecule has 0 bridgehead atoms. The number of carbonyl (C=O) groups is 1. The Labute approximate surface area is 127 Å². The largest absolute Gasteiger partial charge is 0.355 e. The number of carbonyl (C=O) groups excluding carboxylic acids is 1. The van der Waals surface area contributed by atoms with Crippen LogP contribution in [0.4, 0.5) is 5.82 Å². The predicted molar refractivity (Wildman–Crippen MR) is 84.3 cm³/mol. The highest BCUT2D eigenvalue weighted by molar-refractivity contribution is 5.79. The number of likely N-dealkylation sites (N-methyl/N-ethyl adjacent to an activating group) is 1. The molecule has 1 unspecified atom stereocenters. The van der Waals surface area contributed by atoms with Crippen molar-refractivity contribution in [3.63, 3.8) is 0 Å². The van der Waals surface area contributed by atoms with E-state index in [0.717, 1.165) is 44.6 Å². The molecule has 21 heavy (non-hydrogen) atoms. The maximum Gasteiger partial charge on any atom is 0.225 e. The third-order valence-electron chi connectivity index (χ3n) is 4.97. The van der Waals surface area contributed by atoms with Gasteiger partial charge in [0.2, 0.25) is 5.91 Å². The van der Waals surface area contributed by atoms with E-state index in [4.69, 9.17) is 0 Å². The van der Waals surface area contributed by atoms with Crippen molar-refractivity contribution in [2.75, 3.05) is 25.0 Å². The lowest BCUT2D eigenvalue weighted by Crippen LogP contribution is -2.51. The smallest absolute Gasteiger partial charge is 0.225 e. The Morgan fingerprint density at radius 2 is 2.14 bits per heavy atom. The minimum atomic E-state index is 0.294. The molecule has 1 saturated heterocycles. The monoisotopic (exact) mass is 287 g/mol. The van der Waals surface area contributed by atoms with E-state index in [1.807, 2.05) is 24.2 Å². The number of nitrogens with zero attached hydrogens (tertiary/aromatic N) is 3. The third kappa shape index (κ3) is 3.04. The molecule has 0 N–H and O–H groups in total. The lowest BCUT2D eigenvalue weighted by Gasteiger charge is -2.40. The van der Waals surface area contributed by atoms with E-state index in [1.54, 1.807) is 0 Å². The molecule has 2 aliphatic rings. The van der Waals surface area contributed by atoms with Crippen molar-refractivity contribution in [3.05, 3.63) is 23.9 Å². The standard InChI is InChI=1S/C17H25N3O/c1-13-8-9-18-16(11-13)20-10-4-7-15(12-20)19(2)17(21)14-5-3-6-14/h8-9,11,14-15H,3-7,10,12H2,1-2H3. The van der Waals surface area contributed by atoms with Crippen molar-refractivity contribution >= 4 is 11.7 Å². The van der Waals surface area contributed by atoms with Gasteiger partial charge >= 0.3 is 0 Å². The van der Waals surface area contributed by atoms with Gasteiger partial charge in [-0.3, -0.25) is 4.79 Å². The molecule has 0 aromatic carbocycles. The van der Waals surface area contributed by atoms with Crippen molar-refractivity contribution in [2.24, 2.45) is 5.92 Å². The average Bonchev–Trinajstić information content (AvgIpc) is 2.45. The number of aromatic nitrogens is 1. The SMILES string of the molecule is Cc1ccnc(N2CCCC(N(C)C(=O)C3CCC3)C2)c1. The van der Waals surface area contributed by atoms with Crippen LogP contribution < -0.4 is 4.90 Å². The van der Waals surface area contributed by atoms with Gasteiger partial charge in [-0.25, -0.2) is 4.98 Å². The van der Waals surface area contributed by atoms with Crippen LogP contribution in [0.1, 0.15) is 37.7 Å². The summed E-state index contributed by atoms with van der Waals surface area (Å²) in [6.45, 7) is 4.04. The summed E-state index contributed by atoms with van der Waals surface area (Å²) >= 11 is 0. The van der Waals surface area contributed by atoms with Gasteiger partial charge in [0.25, 0.3) is 0 Å². The summed E-state index contributed by atoms with van der Waals surface area (Å²) in [7, 11) is 1.98. The summed E-state index contributed by atoms with van der Waals surface area (Å²) in [5.41, 5.74) is 1.24. The number of amides is 1. The second kappa shape index (κ2) is 6.04. The first-order valence-corrected chi connectivity index (χ1v) is 8.09. The summed E-state index contributed by atoms with van der Waals surface area (Å²) < 4.78 is 0. The first-order valence-electron chi connectivity index (χ1n) is 8.09. The summed E-state index contributed by atoms with van der Waals surface area (Å²) in [6, 6.07) is 4.49. The molecule has 1 amide bonds. The molecule has 2 heterocycles. The van der Waals surface area contributed by atoms with Gasteiger partial charge in [0.1, 0.15) is 5.82 Å². The van der Waals surface area contributed by atoms with Gasteiger partial charge in [0, 0.05) is 38.3 Å². The van der Waals surface area contributed by atoms with E-state index < -0.39 is 0 Å². The van der Waals surface area contributed by atoms with Crippen LogP contribution in [0.3, 0.4) is 0 Å². The lowest BCUT2D eigenvalue weighted by atomic mass is 9.84. The Morgan fingerprint density at radius 3 is 2.81 bits per heavy atom. The minimum Gasteiger partial charge on any atom is -0.355 e. The van der Waals surface area contributed by atoms with Crippen molar-refractivity contribution in [2.45, 2.75) is 45.1 Å². The van der Waals surface area contributed by atoms with E-state index in [1.165, 1.54) is 12.0 Å². The number of anilines is 1. The van der Waals surface area contributed by atoms with Crippen LogP contribution in [0.2, 0.25) is 0 Å². The first-order chi connectivity index (χ1) is 10.1. The number of piperidine rings is 1. The molecule has 1 aliphatic heterocycles. The molecule has 2 fully saturated rings. The van der Waals surface area contributed by atoms with Crippen LogP contribution in [0.25, 0.3) is 0 Å². The van der Waals surface area contributed by atoms with E-state index in [0.29, 0.717) is 17.9 Å². The fourth-order valence-electron chi connectivity index (χ4n) is 3.30. The van der Waals surface area contributed by atoms with Crippen LogP contribution >= 0.6 is 0 Å². The van der Waals surface area contributed by atoms with Crippen LogP contribution in [0, 0.1) is 12.8 Å². The predicted octanol–water partition coefficient (Wildman–Crippen LogP) is 2.62. The zero-order chi connectivity index (χ0) is 14.8. The molecule has 1 aliphatic carbocycles. The van der Waals surface area contributed by atoms with Crippen LogP contribution in [0.5, 0.6) is 0 Å². The molecule has 1 aromatic heterocycles. The maximum atomic E-state index is 12.4. The first kappa shape index (κ1) is 14.4. The topological polar surface area (TPSA) is 36.4 Å². The molecule has 3 rings (SSSR count). The number of hydrogen-bond acceptors (Lipinski definition) is 3. The molecular formula is C17H25N3O. The molecule has 0 radical (unpaired) electrons. The molecule has 4 nitrogen and oxygen atoms in total. The lowest BCUT2D eigenvalue weighted by molar-refractivity contribution is -0.139. The summed E-state index contributed by atoms with van der Waals surface area (Å²) in [6.07, 6.45) is 7.49. The Morgan fingerprint density at radius 1 is 1.33 bits per heavy atom. The maximum absolute atomic E-state index is 12.4. The fraction of sp³-hybridized carbons (Fsp3) is 0.647. The number of aryl methyl sites for hydroxylation is 1. The van der Waals surface area contributed by atoms with Gasteiger partial charge in [-0.1, -0.05) is 6.42 Å². The molecule has 0 spiro atoms. The van der Waals surface area contributed by atoms with Crippen molar-refractivity contribution in [1.29, 1.82) is 0 Å². The Hall–Kier alpha value is -1.58. The minimum absolute atomic E-state index is 0.294. The van der Waals surface area contributed by atoms with E-state index >= 15 is 0 Å². The molecule has 1 saturated carbocycles. The van der Waals surface area contributed by atoms with Gasteiger partial charge in [0.15, 0.2) is 0 Å². The second-order valence-electron chi connectivity index (χ2n) is 6.51. The van der Waals surface area contributed by atoms with E-state index in [2.05, 4.69) is 22.9 Å². The van der Waals surface area contributed by atoms with Gasteiger partial charge in [0.05, 0.1) is 0 Å². The van der Waals surface area contributed by atoms with Gasteiger partial charge < -0.3 is 9.80 Å². The quantitative estimate of drug-likeness (QED) is 0.857. The van der Waals surface area contributed by atoms with Crippen molar-refractivity contribution in [1.82, 2.24) is 9.88 Å². The molecule has 1 aromatic rings. The zero-order valence-corrected chi connectivity index (χ0v) is 13.1. The summed E-state index contributed by atoms with van der Waals surface area (Å²) in [5.74, 6) is 1.69. The highest BCUT2D eigenvalue weighted by Gasteiger charge is 2.33. The van der Waals surface area contributed by atoms with Gasteiger partial charge in [-0.2, -0.15) is 0 Å². The van der Waals surface area contributed by atoms with Gasteiger partial charge in [-0.05, 0) is 50.3 Å². The average molecular weight is 287 g/mol. The summed E-state index contributed by atoms with van der Waals surface area (Å²) in [5, 5.41) is 0. The van der Waals surface area contributed by atoms with E-state index in [9.17, 15) is 4.79 Å². The van der Waals surface area contributed by atoms with Crippen LogP contribution in [-0.2, 0) is 4.79 Å². The summed E-state index contributed by atoms with van der Waals surface area (Å²) in [4.78, 5) is 21.2. The second-order valence-corrected chi connectivity index (χ2v) is 6.51. The normalized spacial score (nSPS) is 22.8. The molecular weight excluding hydrogens is 262 g/mol. The Balaban J connectivity index is 1.66. The highest BCUT2D eigenvalue weighted by atomic mass is 16.2. The van der Waals surface area contributed by atoms with Crippen LogP contribution in [-0.4, -0.2) is 42.0 Å². The number of pyridine rings is 1. The fourth-order valence-corrected chi connectivity index (χ4v) is 3.30.